The van der Waals surface area contributed by atoms with E-state index in [1.165, 1.54) is 32.0 Å². The van der Waals surface area contributed by atoms with Crippen LogP contribution in [0.5, 0.6) is 0 Å². The van der Waals surface area contributed by atoms with Crippen LogP contribution in [0.2, 0.25) is 0 Å². The van der Waals surface area contributed by atoms with Crippen LogP contribution in [0, 0.1) is 13.8 Å². The lowest BCUT2D eigenvalue weighted by Crippen LogP contribution is -2.16. The zero-order valence-corrected chi connectivity index (χ0v) is 18.9. The highest BCUT2D eigenvalue weighted by Crippen LogP contribution is 2.22. The molecule has 8 nitrogen and oxygen atoms in total. The van der Waals surface area contributed by atoms with E-state index in [4.69, 9.17) is 4.74 Å². The van der Waals surface area contributed by atoms with Crippen molar-refractivity contribution in [2.75, 3.05) is 17.2 Å². The number of Topliss-reactive ketones (excluding diaryl/α,β-unsaturated/α-hetero) is 1. The molecule has 3 aromatic rings. The Kier molecular flexibility index (Phi) is 7.07. The predicted molar refractivity (Wildman–Crippen MR) is 125 cm³/mol. The molecule has 0 atom stereocenters. The number of aryl methyl sites for hydroxylation is 1. The van der Waals surface area contributed by atoms with E-state index >= 15 is 0 Å². The van der Waals surface area contributed by atoms with Crippen LogP contribution in [-0.2, 0) is 14.3 Å². The summed E-state index contributed by atoms with van der Waals surface area (Å²) >= 11 is 0. The summed E-state index contributed by atoms with van der Waals surface area (Å²) in [7, 11) is 0. The van der Waals surface area contributed by atoms with Crippen LogP contribution in [0.15, 0.2) is 54.6 Å². The summed E-state index contributed by atoms with van der Waals surface area (Å²) in [6, 6.07) is 15.8. The summed E-state index contributed by atoms with van der Waals surface area (Å²) in [4.78, 5) is 48.3. The fourth-order valence-corrected chi connectivity index (χ4v) is 3.61. The third-order valence-electron chi connectivity index (χ3n) is 4.89. The number of nitrogens with zero attached hydrogens (tertiary/aromatic N) is 1. The molecule has 0 aliphatic heterocycles. The average Bonchev–Trinajstić information content (AvgIpc) is 3.05. The number of esters is 1. The molecule has 1 heterocycles. The second kappa shape index (κ2) is 9.95. The maximum absolute atomic E-state index is 12.8. The monoisotopic (exact) mass is 447 g/mol. The normalized spacial score (nSPS) is 10.4. The van der Waals surface area contributed by atoms with E-state index in [9.17, 15) is 19.2 Å². The second-order valence-electron chi connectivity index (χ2n) is 7.62. The molecule has 170 valence electrons. The highest BCUT2D eigenvalue weighted by molar-refractivity contribution is 6.02. The molecule has 2 N–H and O–H groups in total. The summed E-state index contributed by atoms with van der Waals surface area (Å²) in [6.45, 7) is 5.95. The van der Waals surface area contributed by atoms with Crippen LogP contribution >= 0.6 is 0 Å². The molecule has 0 radical (unpaired) electrons. The lowest BCUT2D eigenvalue weighted by molar-refractivity contribution is -0.115. The van der Waals surface area contributed by atoms with Gasteiger partial charge in [0.1, 0.15) is 0 Å². The number of hydrogen-bond donors (Lipinski definition) is 2. The number of rotatable bonds is 7. The molecule has 33 heavy (non-hydrogen) atoms. The molecule has 0 unspecified atom stereocenters. The molecule has 0 saturated carbocycles. The number of benzene rings is 2. The van der Waals surface area contributed by atoms with E-state index in [-0.39, 0.29) is 23.2 Å². The van der Waals surface area contributed by atoms with E-state index in [0.717, 1.165) is 17.1 Å². The minimum absolute atomic E-state index is 0.0903. The maximum atomic E-state index is 12.8. The SMILES string of the molecule is CC(=O)Nc1cc(NC(C)=O)cc(C(=O)OCC(=O)c2cc(C)n(-c3ccccc3)c2C)c1. The molecule has 0 fully saturated rings. The van der Waals surface area contributed by atoms with Gasteiger partial charge in [0.25, 0.3) is 0 Å². The first kappa shape index (κ1) is 23.5. The number of ether oxygens (including phenoxy) is 1. The third-order valence-corrected chi connectivity index (χ3v) is 4.89. The zero-order valence-electron chi connectivity index (χ0n) is 18.9. The van der Waals surface area contributed by atoms with Crippen LogP contribution < -0.4 is 10.6 Å². The van der Waals surface area contributed by atoms with Crippen molar-refractivity contribution in [2.45, 2.75) is 27.7 Å². The molecule has 0 aliphatic rings. The largest absolute Gasteiger partial charge is 0.454 e. The van der Waals surface area contributed by atoms with Crippen molar-refractivity contribution in [2.24, 2.45) is 0 Å². The van der Waals surface area contributed by atoms with Gasteiger partial charge in [-0.15, -0.1) is 0 Å². The minimum Gasteiger partial charge on any atom is -0.454 e. The van der Waals surface area contributed by atoms with E-state index in [0.29, 0.717) is 16.9 Å². The Morgan fingerprint density at radius 2 is 1.42 bits per heavy atom. The quantitative estimate of drug-likeness (QED) is 0.420. The van der Waals surface area contributed by atoms with E-state index < -0.39 is 12.6 Å². The van der Waals surface area contributed by atoms with Crippen LogP contribution in [0.25, 0.3) is 5.69 Å². The topological polar surface area (TPSA) is 107 Å². The zero-order chi connectivity index (χ0) is 24.1. The third kappa shape index (κ3) is 5.74. The van der Waals surface area contributed by atoms with Crippen molar-refractivity contribution in [3.05, 3.63) is 77.1 Å². The minimum atomic E-state index is -0.751. The van der Waals surface area contributed by atoms with Crippen molar-refractivity contribution < 1.29 is 23.9 Å². The first-order valence-electron chi connectivity index (χ1n) is 10.3. The van der Waals surface area contributed by atoms with Gasteiger partial charge in [-0.2, -0.15) is 0 Å². The number of para-hydroxylation sites is 1. The Morgan fingerprint density at radius 3 is 1.97 bits per heavy atom. The van der Waals surface area contributed by atoms with Gasteiger partial charge in [-0.25, -0.2) is 4.79 Å². The summed E-state index contributed by atoms with van der Waals surface area (Å²) < 4.78 is 7.21. The van der Waals surface area contributed by atoms with E-state index in [2.05, 4.69) is 10.6 Å². The smallest absolute Gasteiger partial charge is 0.338 e. The summed E-state index contributed by atoms with van der Waals surface area (Å²) in [5, 5.41) is 5.14. The van der Waals surface area contributed by atoms with Crippen LogP contribution in [0.4, 0.5) is 11.4 Å². The number of ketones is 1. The lowest BCUT2D eigenvalue weighted by atomic mass is 10.1. The molecular formula is C25H25N3O5. The second-order valence-corrected chi connectivity index (χ2v) is 7.62. The standard InChI is InChI=1S/C25H25N3O5/c1-15-10-23(16(2)28(15)22-8-6-5-7-9-22)24(31)14-33-25(32)19-11-20(26-17(3)29)13-21(12-19)27-18(4)30/h5-13H,14H2,1-4H3,(H,26,29)(H,27,30). The average molecular weight is 447 g/mol. The fourth-order valence-electron chi connectivity index (χ4n) is 3.61. The Bertz CT molecular complexity index is 1190. The number of nitrogens with one attached hydrogen (secondary N) is 2. The van der Waals surface area contributed by atoms with E-state index in [1.54, 1.807) is 6.07 Å². The molecule has 0 bridgehead atoms. The molecule has 8 heteroatoms. The number of amides is 2. The Labute approximate surface area is 191 Å². The van der Waals surface area contributed by atoms with Crippen molar-refractivity contribution in [1.82, 2.24) is 4.57 Å². The highest BCUT2D eigenvalue weighted by atomic mass is 16.5. The first-order valence-corrected chi connectivity index (χ1v) is 10.3. The van der Waals surface area contributed by atoms with Gasteiger partial charge in [-0.05, 0) is 50.2 Å². The van der Waals surface area contributed by atoms with Crippen LogP contribution in [0.3, 0.4) is 0 Å². The van der Waals surface area contributed by atoms with Crippen molar-refractivity contribution in [1.29, 1.82) is 0 Å². The van der Waals surface area contributed by atoms with Gasteiger partial charge >= 0.3 is 5.97 Å². The molecule has 0 spiro atoms. The van der Waals surface area contributed by atoms with Crippen molar-refractivity contribution >= 4 is 34.9 Å². The van der Waals surface area contributed by atoms with Gasteiger partial charge < -0.3 is 19.9 Å². The Morgan fingerprint density at radius 1 is 0.848 bits per heavy atom. The molecule has 2 aromatic carbocycles. The molecule has 2 amide bonds. The molecular weight excluding hydrogens is 422 g/mol. The van der Waals surface area contributed by atoms with Gasteiger partial charge in [0, 0.05) is 47.9 Å². The van der Waals surface area contributed by atoms with Crippen molar-refractivity contribution in [3.63, 3.8) is 0 Å². The van der Waals surface area contributed by atoms with Crippen LogP contribution in [0.1, 0.15) is 46.0 Å². The van der Waals surface area contributed by atoms with Gasteiger partial charge in [0.15, 0.2) is 6.61 Å². The maximum Gasteiger partial charge on any atom is 0.338 e. The first-order chi connectivity index (χ1) is 15.7. The number of hydrogen-bond acceptors (Lipinski definition) is 5. The van der Waals surface area contributed by atoms with Gasteiger partial charge in [0.05, 0.1) is 5.56 Å². The molecule has 0 aliphatic carbocycles. The molecule has 3 rings (SSSR count). The fraction of sp³-hybridized carbons (Fsp3) is 0.200. The highest BCUT2D eigenvalue weighted by Gasteiger charge is 2.19. The summed E-state index contributed by atoms with van der Waals surface area (Å²) in [5.41, 5.74) is 3.76. The molecule has 1 aromatic heterocycles. The van der Waals surface area contributed by atoms with Crippen LogP contribution in [-0.4, -0.2) is 34.7 Å². The number of carbonyl (C=O) groups excluding carboxylic acids is 4. The summed E-state index contributed by atoms with van der Waals surface area (Å²) in [5.74, 6) is -1.76. The predicted octanol–water partition coefficient (Wildman–Crippen LogP) is 4.05. The van der Waals surface area contributed by atoms with E-state index in [1.807, 2.05) is 48.7 Å². The number of carbonyl (C=O) groups is 4. The van der Waals surface area contributed by atoms with Gasteiger partial charge in [0.2, 0.25) is 17.6 Å². The van der Waals surface area contributed by atoms with Gasteiger partial charge in [-0.1, -0.05) is 18.2 Å². The Balaban J connectivity index is 1.78. The van der Waals surface area contributed by atoms with Gasteiger partial charge in [-0.3, -0.25) is 14.4 Å². The lowest BCUT2D eigenvalue weighted by Gasteiger charge is -2.11. The summed E-state index contributed by atoms with van der Waals surface area (Å²) in [6.07, 6.45) is 0. The number of aromatic nitrogens is 1. The Hall–Kier alpha value is -4.20. The molecule has 0 saturated heterocycles. The number of anilines is 2. The van der Waals surface area contributed by atoms with Crippen molar-refractivity contribution in [3.8, 4) is 5.69 Å².